The summed E-state index contributed by atoms with van der Waals surface area (Å²) in [4.78, 5) is 27.2. The fraction of sp³-hybridized carbons (Fsp3) is 0.786. The first kappa shape index (κ1) is 20.5. The molecule has 0 rings (SSSR count). The normalized spacial score (nSPS) is 14.5. The summed E-state index contributed by atoms with van der Waals surface area (Å²) in [6.45, 7) is 12.8. The van der Waals surface area contributed by atoms with Crippen molar-refractivity contribution in [2.24, 2.45) is 0 Å². The Kier molecular flexibility index (Phi) is 6.68. The largest absolute Gasteiger partial charge is 0.466 e. The Balaban J connectivity index is 5.95. The highest BCUT2D eigenvalue weighted by Crippen LogP contribution is 2.39. The molecule has 0 N–H and O–H groups in total. The molecule has 0 saturated carbocycles. The highest BCUT2D eigenvalue weighted by Gasteiger charge is 2.57. The van der Waals surface area contributed by atoms with Gasteiger partial charge in [-0.1, -0.05) is 20.8 Å². The van der Waals surface area contributed by atoms with Gasteiger partial charge in [-0.2, -0.15) is 4.79 Å². The Labute approximate surface area is 132 Å². The van der Waals surface area contributed by atoms with E-state index in [1.54, 1.807) is 6.92 Å². The molecule has 0 spiro atoms. The van der Waals surface area contributed by atoms with E-state index in [2.05, 4.69) is 4.79 Å². The molecule has 1 unspecified atom stereocenters. The Morgan fingerprint density at radius 1 is 1.18 bits per heavy atom. The molecule has 0 heterocycles. The van der Waals surface area contributed by atoms with Crippen LogP contribution in [-0.2, 0) is 23.5 Å². The van der Waals surface area contributed by atoms with Crippen LogP contribution in [0.2, 0.25) is 18.1 Å². The van der Waals surface area contributed by atoms with Gasteiger partial charge in [-0.05, 0) is 32.0 Å². The van der Waals surface area contributed by atoms with E-state index in [0.717, 1.165) is 0 Å². The summed E-state index contributed by atoms with van der Waals surface area (Å²) < 4.78 is 15.6. The summed E-state index contributed by atoms with van der Waals surface area (Å²) in [5, 5.41) is -0.225. The monoisotopic (exact) mass is 330 g/mol. The van der Waals surface area contributed by atoms with Gasteiger partial charge in [0.1, 0.15) is 0 Å². The van der Waals surface area contributed by atoms with Crippen LogP contribution in [0.5, 0.6) is 0 Å². The van der Waals surface area contributed by atoms with Crippen molar-refractivity contribution >= 4 is 26.0 Å². The number of hydrogen-bond acceptors (Lipinski definition) is 5. The average Bonchev–Trinajstić information content (AvgIpc) is 2.36. The fourth-order valence-electron chi connectivity index (χ4n) is 1.58. The van der Waals surface area contributed by atoms with Gasteiger partial charge in [-0.15, -0.1) is 0 Å². The molecule has 0 aliphatic carbocycles. The number of carbonyl (C=O) groups excluding carboxylic acids is 2. The summed E-state index contributed by atoms with van der Waals surface area (Å²) in [5.41, 5.74) is 6.86. The third-order valence-corrected chi connectivity index (χ3v) is 8.39. The lowest BCUT2D eigenvalue weighted by atomic mass is 10.0. The minimum absolute atomic E-state index is 0.0786. The second-order valence-electron chi connectivity index (χ2n) is 6.56. The topological polar surface area (TPSA) is 98.2 Å². The number of ether oxygens (including phenoxy) is 2. The van der Waals surface area contributed by atoms with E-state index in [1.807, 2.05) is 33.9 Å². The van der Waals surface area contributed by atoms with Crippen LogP contribution in [0.3, 0.4) is 0 Å². The van der Waals surface area contributed by atoms with Crippen molar-refractivity contribution < 1.29 is 28.3 Å². The van der Waals surface area contributed by atoms with Crippen LogP contribution < -0.4 is 0 Å². The molecule has 22 heavy (non-hydrogen) atoms. The van der Waals surface area contributed by atoms with Crippen LogP contribution in [0.15, 0.2) is 0 Å². The molecule has 1 atom stereocenters. The minimum Gasteiger partial charge on any atom is -0.466 e. The van der Waals surface area contributed by atoms with Gasteiger partial charge in [-0.3, -0.25) is 0 Å². The SMILES string of the molecule is CCOC(=O)C(=[N+]=[N-])C(C)(O[Si](C)(C)C(C)(C)C)C(=O)OC. The number of methoxy groups -OCH3 is 1. The number of carbonyl (C=O) groups is 2. The molecule has 126 valence electrons. The smallest absolute Gasteiger partial charge is 0.420 e. The molecule has 0 fully saturated rings. The molecule has 0 aliphatic rings. The van der Waals surface area contributed by atoms with Gasteiger partial charge < -0.3 is 19.4 Å². The zero-order chi connectivity index (χ0) is 17.8. The lowest BCUT2D eigenvalue weighted by Crippen LogP contribution is -2.58. The second-order valence-corrected chi connectivity index (χ2v) is 11.3. The van der Waals surface area contributed by atoms with Gasteiger partial charge >= 0.3 is 17.7 Å². The second kappa shape index (κ2) is 7.17. The van der Waals surface area contributed by atoms with E-state index < -0.39 is 31.6 Å². The van der Waals surface area contributed by atoms with E-state index in [1.165, 1.54) is 14.0 Å². The quantitative estimate of drug-likeness (QED) is 0.244. The molecule has 0 bridgehead atoms. The van der Waals surface area contributed by atoms with Crippen LogP contribution >= 0.6 is 0 Å². The van der Waals surface area contributed by atoms with Gasteiger partial charge in [0.15, 0.2) is 8.32 Å². The van der Waals surface area contributed by atoms with Crippen molar-refractivity contribution in [3.05, 3.63) is 5.53 Å². The molecular formula is C14H26N2O5Si. The maximum absolute atomic E-state index is 12.2. The average molecular weight is 330 g/mol. The van der Waals surface area contributed by atoms with Crippen molar-refractivity contribution in [2.45, 2.75) is 58.4 Å². The standard InChI is InChI=1S/C14H26N2O5Si/c1-9-20-11(17)10(16-15)14(5,12(18)19-6)21-22(7,8)13(2,3)4/h9H2,1-8H3. The van der Waals surface area contributed by atoms with Gasteiger partial charge in [0.05, 0.1) is 13.7 Å². The molecule has 7 nitrogen and oxygen atoms in total. The van der Waals surface area contributed by atoms with Crippen molar-refractivity contribution in [2.75, 3.05) is 13.7 Å². The highest BCUT2D eigenvalue weighted by molar-refractivity contribution is 6.74. The summed E-state index contributed by atoms with van der Waals surface area (Å²) >= 11 is 0. The summed E-state index contributed by atoms with van der Waals surface area (Å²) in [6, 6.07) is 0. The van der Waals surface area contributed by atoms with E-state index >= 15 is 0 Å². The minimum atomic E-state index is -2.47. The highest BCUT2D eigenvalue weighted by atomic mass is 28.4. The van der Waals surface area contributed by atoms with E-state index in [4.69, 9.17) is 13.9 Å². The van der Waals surface area contributed by atoms with Crippen LogP contribution in [0.25, 0.3) is 5.53 Å². The predicted octanol–water partition coefficient (Wildman–Crippen LogP) is 2.17. The summed E-state index contributed by atoms with van der Waals surface area (Å²) in [7, 11) is -1.29. The number of nitrogens with zero attached hydrogens (tertiary/aromatic N) is 2. The van der Waals surface area contributed by atoms with Crippen LogP contribution in [0.4, 0.5) is 0 Å². The van der Waals surface area contributed by atoms with Crippen LogP contribution in [-0.4, -0.2) is 50.1 Å². The maximum atomic E-state index is 12.2. The zero-order valence-electron chi connectivity index (χ0n) is 14.6. The third-order valence-electron chi connectivity index (χ3n) is 3.86. The van der Waals surface area contributed by atoms with Gasteiger partial charge in [0, 0.05) is 0 Å². The lowest BCUT2D eigenvalue weighted by molar-refractivity contribution is -0.160. The first-order valence-electron chi connectivity index (χ1n) is 7.05. The first-order valence-corrected chi connectivity index (χ1v) is 9.96. The molecule has 0 saturated heterocycles. The number of esters is 2. The lowest BCUT2D eigenvalue weighted by Gasteiger charge is -2.40. The Bertz CT molecular complexity index is 492. The van der Waals surface area contributed by atoms with E-state index in [0.29, 0.717) is 0 Å². The van der Waals surface area contributed by atoms with Crippen molar-refractivity contribution in [1.29, 1.82) is 0 Å². The van der Waals surface area contributed by atoms with Gasteiger partial charge in [-0.25, -0.2) is 9.59 Å². The molecule has 0 radical (unpaired) electrons. The Morgan fingerprint density at radius 2 is 1.68 bits per heavy atom. The number of hydrogen-bond donors (Lipinski definition) is 0. The van der Waals surface area contributed by atoms with E-state index in [9.17, 15) is 15.1 Å². The van der Waals surface area contributed by atoms with Crippen LogP contribution in [0, 0.1) is 0 Å². The molecule has 0 aromatic carbocycles. The van der Waals surface area contributed by atoms with Crippen molar-refractivity contribution in [1.82, 2.24) is 0 Å². The van der Waals surface area contributed by atoms with Crippen LogP contribution in [0.1, 0.15) is 34.6 Å². The molecule has 8 heteroatoms. The van der Waals surface area contributed by atoms with Crippen molar-refractivity contribution in [3.63, 3.8) is 0 Å². The fourth-order valence-corrected chi connectivity index (χ4v) is 3.08. The van der Waals surface area contributed by atoms with E-state index in [-0.39, 0.29) is 11.6 Å². The number of rotatable bonds is 6. The van der Waals surface area contributed by atoms with Crippen molar-refractivity contribution in [3.8, 4) is 0 Å². The maximum Gasteiger partial charge on any atom is 0.420 e. The molecule has 0 amide bonds. The summed E-state index contributed by atoms with van der Waals surface area (Å²) in [5.74, 6) is -1.74. The van der Waals surface area contributed by atoms with Gasteiger partial charge in [0.2, 0.25) is 0 Å². The van der Waals surface area contributed by atoms with Gasteiger partial charge in [0.25, 0.3) is 5.60 Å². The Hall–Kier alpha value is -1.50. The third kappa shape index (κ3) is 4.25. The zero-order valence-corrected chi connectivity index (χ0v) is 15.6. The molecule has 0 aliphatic heterocycles. The molecular weight excluding hydrogens is 304 g/mol. The Morgan fingerprint density at radius 3 is 2.00 bits per heavy atom. The molecule has 0 aromatic rings. The predicted molar refractivity (Wildman–Crippen MR) is 84.0 cm³/mol. The first-order chi connectivity index (χ1) is 9.87. The molecule has 0 aromatic heterocycles. The summed E-state index contributed by atoms with van der Waals surface area (Å²) in [6.07, 6.45) is 0.